The number of aromatic nitrogens is 1. The number of terminal acetylenes is 1. The lowest BCUT2D eigenvalue weighted by Crippen LogP contribution is -2.34. The lowest BCUT2D eigenvalue weighted by atomic mass is 10.2. The van der Waals surface area contributed by atoms with Crippen molar-refractivity contribution in [3.05, 3.63) is 29.6 Å². The molecule has 1 heterocycles. The highest BCUT2D eigenvalue weighted by atomic mass is 16.2. The molecule has 1 rings (SSSR count). The molecule has 0 unspecified atom stereocenters. The summed E-state index contributed by atoms with van der Waals surface area (Å²) in [5.74, 6) is 2.13. The van der Waals surface area contributed by atoms with Crippen LogP contribution >= 0.6 is 0 Å². The summed E-state index contributed by atoms with van der Waals surface area (Å²) in [5, 5.41) is 0. The van der Waals surface area contributed by atoms with Crippen molar-refractivity contribution in [2.75, 3.05) is 7.05 Å². The van der Waals surface area contributed by atoms with Crippen molar-refractivity contribution in [2.24, 2.45) is 0 Å². The van der Waals surface area contributed by atoms with Crippen LogP contribution in [0.4, 0.5) is 0 Å². The van der Waals surface area contributed by atoms with Crippen LogP contribution in [0.5, 0.6) is 0 Å². The van der Waals surface area contributed by atoms with Crippen LogP contribution in [0.1, 0.15) is 16.1 Å². The van der Waals surface area contributed by atoms with Crippen molar-refractivity contribution in [3.63, 3.8) is 0 Å². The van der Waals surface area contributed by atoms with Gasteiger partial charge < -0.3 is 0 Å². The van der Waals surface area contributed by atoms with E-state index in [-0.39, 0.29) is 5.91 Å². The summed E-state index contributed by atoms with van der Waals surface area (Å²) in [4.78, 5) is 15.0. The van der Waals surface area contributed by atoms with Crippen LogP contribution in [0.2, 0.25) is 0 Å². The highest BCUT2D eigenvalue weighted by molar-refractivity contribution is 5.91. The SMILES string of the molecule is C#Cc1ccc(C(=O)NNC)nc1. The summed E-state index contributed by atoms with van der Waals surface area (Å²) in [6, 6.07) is 3.24. The maximum atomic E-state index is 11.2. The zero-order valence-corrected chi connectivity index (χ0v) is 7.16. The summed E-state index contributed by atoms with van der Waals surface area (Å²) >= 11 is 0. The van der Waals surface area contributed by atoms with Crippen LogP contribution in [0.3, 0.4) is 0 Å². The smallest absolute Gasteiger partial charge is 0.283 e. The third-order valence-electron chi connectivity index (χ3n) is 1.40. The largest absolute Gasteiger partial charge is 0.286 e. The van der Waals surface area contributed by atoms with Crippen molar-refractivity contribution in [1.82, 2.24) is 15.8 Å². The first kappa shape index (κ1) is 9.23. The Morgan fingerprint density at radius 1 is 1.62 bits per heavy atom. The van der Waals surface area contributed by atoms with E-state index >= 15 is 0 Å². The number of pyridine rings is 1. The van der Waals surface area contributed by atoms with Gasteiger partial charge in [0.25, 0.3) is 5.91 Å². The first-order chi connectivity index (χ1) is 6.27. The molecule has 0 aliphatic heterocycles. The Balaban J connectivity index is 2.81. The van der Waals surface area contributed by atoms with Gasteiger partial charge in [0.05, 0.1) is 0 Å². The molecule has 0 aliphatic carbocycles. The monoisotopic (exact) mass is 175 g/mol. The topological polar surface area (TPSA) is 54.0 Å². The third-order valence-corrected chi connectivity index (χ3v) is 1.40. The van der Waals surface area contributed by atoms with E-state index < -0.39 is 0 Å². The summed E-state index contributed by atoms with van der Waals surface area (Å²) in [7, 11) is 1.60. The van der Waals surface area contributed by atoms with Crippen LogP contribution in [0, 0.1) is 12.3 Å². The van der Waals surface area contributed by atoms with Gasteiger partial charge in [0.15, 0.2) is 0 Å². The highest BCUT2D eigenvalue weighted by Crippen LogP contribution is 1.97. The fourth-order valence-corrected chi connectivity index (χ4v) is 0.791. The number of hydrogen-bond acceptors (Lipinski definition) is 3. The molecule has 4 heteroatoms. The van der Waals surface area contributed by atoms with Gasteiger partial charge in [-0.25, -0.2) is 10.4 Å². The van der Waals surface area contributed by atoms with Gasteiger partial charge in [-0.2, -0.15) is 0 Å². The number of amides is 1. The normalized spacial score (nSPS) is 8.92. The molecule has 4 nitrogen and oxygen atoms in total. The quantitative estimate of drug-likeness (QED) is 0.488. The van der Waals surface area contributed by atoms with Crippen LogP contribution in [0.15, 0.2) is 18.3 Å². The van der Waals surface area contributed by atoms with Gasteiger partial charge in [-0.1, -0.05) is 5.92 Å². The molecule has 1 amide bonds. The van der Waals surface area contributed by atoms with Crippen LogP contribution < -0.4 is 10.9 Å². The molecule has 1 aromatic heterocycles. The molecule has 1 aromatic rings. The van der Waals surface area contributed by atoms with Gasteiger partial charge in [-0.15, -0.1) is 6.42 Å². The van der Waals surface area contributed by atoms with Gasteiger partial charge >= 0.3 is 0 Å². The maximum absolute atomic E-state index is 11.2. The van der Waals surface area contributed by atoms with E-state index in [9.17, 15) is 4.79 Å². The molecule has 2 N–H and O–H groups in total. The Morgan fingerprint density at radius 3 is 2.85 bits per heavy atom. The fraction of sp³-hybridized carbons (Fsp3) is 0.111. The first-order valence-electron chi connectivity index (χ1n) is 3.67. The molecule has 0 aromatic carbocycles. The molecular weight excluding hydrogens is 166 g/mol. The Hall–Kier alpha value is -1.86. The minimum absolute atomic E-state index is 0.286. The van der Waals surface area contributed by atoms with E-state index in [4.69, 9.17) is 6.42 Å². The number of nitrogens with zero attached hydrogens (tertiary/aromatic N) is 1. The van der Waals surface area contributed by atoms with Crippen molar-refractivity contribution in [3.8, 4) is 12.3 Å². The van der Waals surface area contributed by atoms with Gasteiger partial charge in [0.2, 0.25) is 0 Å². The van der Waals surface area contributed by atoms with Crippen molar-refractivity contribution < 1.29 is 4.79 Å². The second-order valence-corrected chi connectivity index (χ2v) is 2.28. The fourth-order valence-electron chi connectivity index (χ4n) is 0.791. The molecule has 0 aliphatic rings. The van der Waals surface area contributed by atoms with Gasteiger partial charge in [0, 0.05) is 18.8 Å². The number of hydrazine groups is 1. The molecule has 0 radical (unpaired) electrons. The predicted octanol–water partition coefficient (Wildman–Crippen LogP) is -0.0729. The second kappa shape index (κ2) is 4.24. The van der Waals surface area contributed by atoms with E-state index in [1.54, 1.807) is 19.2 Å². The summed E-state index contributed by atoms with van der Waals surface area (Å²) in [6.45, 7) is 0. The number of rotatable bonds is 2. The standard InChI is InChI=1S/C9H9N3O/c1-3-7-4-5-8(11-6-7)9(13)12-10-2/h1,4-6,10H,2H3,(H,12,13). The number of carbonyl (C=O) groups excluding carboxylic acids is 1. The highest BCUT2D eigenvalue weighted by Gasteiger charge is 2.03. The van der Waals surface area contributed by atoms with Crippen LogP contribution in [-0.4, -0.2) is 17.9 Å². The summed E-state index contributed by atoms with van der Waals surface area (Å²) in [5.41, 5.74) is 5.89. The van der Waals surface area contributed by atoms with E-state index in [1.807, 2.05) is 0 Å². The van der Waals surface area contributed by atoms with Gasteiger partial charge in [-0.3, -0.25) is 10.2 Å². The molecule has 66 valence electrons. The van der Waals surface area contributed by atoms with Crippen molar-refractivity contribution >= 4 is 5.91 Å². The van der Waals surface area contributed by atoms with Gasteiger partial charge in [-0.05, 0) is 12.1 Å². The van der Waals surface area contributed by atoms with E-state index in [1.165, 1.54) is 6.20 Å². The van der Waals surface area contributed by atoms with Gasteiger partial charge in [0.1, 0.15) is 5.69 Å². The average molecular weight is 175 g/mol. The molecule has 0 bridgehead atoms. The van der Waals surface area contributed by atoms with E-state index in [2.05, 4.69) is 21.8 Å². The number of nitrogens with one attached hydrogen (secondary N) is 2. The molecule has 0 atom stereocenters. The molecule has 13 heavy (non-hydrogen) atoms. The zero-order chi connectivity index (χ0) is 9.68. The first-order valence-corrected chi connectivity index (χ1v) is 3.67. The minimum atomic E-state index is -0.286. The minimum Gasteiger partial charge on any atom is -0.286 e. The average Bonchev–Trinajstić information content (AvgIpc) is 2.18. The van der Waals surface area contributed by atoms with Crippen molar-refractivity contribution in [2.45, 2.75) is 0 Å². The zero-order valence-electron chi connectivity index (χ0n) is 7.16. The molecule has 0 fully saturated rings. The molecular formula is C9H9N3O. The Bertz CT molecular complexity index is 337. The van der Waals surface area contributed by atoms with Crippen LogP contribution in [-0.2, 0) is 0 Å². The number of carbonyl (C=O) groups is 1. The second-order valence-electron chi connectivity index (χ2n) is 2.28. The Labute approximate surface area is 76.3 Å². The molecule has 0 saturated heterocycles. The van der Waals surface area contributed by atoms with Crippen LogP contribution in [0.25, 0.3) is 0 Å². The summed E-state index contributed by atoms with van der Waals surface area (Å²) in [6.07, 6.45) is 6.61. The van der Waals surface area contributed by atoms with E-state index in [0.29, 0.717) is 11.3 Å². The number of hydrogen-bond donors (Lipinski definition) is 2. The Kier molecular flexibility index (Phi) is 3.01. The third kappa shape index (κ3) is 2.29. The Morgan fingerprint density at radius 2 is 2.38 bits per heavy atom. The molecule has 0 spiro atoms. The lowest BCUT2D eigenvalue weighted by Gasteiger charge is -2.00. The predicted molar refractivity (Wildman–Crippen MR) is 48.7 cm³/mol. The summed E-state index contributed by atoms with van der Waals surface area (Å²) < 4.78 is 0. The molecule has 0 saturated carbocycles. The van der Waals surface area contributed by atoms with E-state index in [0.717, 1.165) is 0 Å². The lowest BCUT2D eigenvalue weighted by molar-refractivity contribution is 0.0933. The van der Waals surface area contributed by atoms with Crippen molar-refractivity contribution in [1.29, 1.82) is 0 Å². The maximum Gasteiger partial charge on any atom is 0.283 e.